The molecule has 0 aliphatic carbocycles. The van der Waals surface area contributed by atoms with Gasteiger partial charge in [0.2, 0.25) is 13.9 Å². The van der Waals surface area contributed by atoms with Crippen LogP contribution in [0, 0.1) is 5.82 Å². The quantitative estimate of drug-likeness (QED) is 0.139. The summed E-state index contributed by atoms with van der Waals surface area (Å²) in [5.74, 6) is -0.370. The van der Waals surface area contributed by atoms with Gasteiger partial charge in [0.15, 0.2) is 5.65 Å². The lowest BCUT2D eigenvalue weighted by Crippen LogP contribution is -2.44. The summed E-state index contributed by atoms with van der Waals surface area (Å²) in [6.45, 7) is 18.4. The molecule has 8 nitrogen and oxygen atoms in total. The Morgan fingerprint density at radius 1 is 1.18 bits per heavy atom. The summed E-state index contributed by atoms with van der Waals surface area (Å²) in [4.78, 5) is 44.5. The van der Waals surface area contributed by atoms with Crippen molar-refractivity contribution >= 4 is 48.4 Å². The molecule has 4 rings (SSSR count). The zero-order valence-corrected chi connectivity index (χ0v) is 27.5. The first-order valence-corrected chi connectivity index (χ1v) is 15.5. The van der Waals surface area contributed by atoms with Crippen molar-refractivity contribution in [3.63, 3.8) is 0 Å². The number of hydrogen-bond donors (Lipinski definition) is 0. The molecule has 0 saturated heterocycles. The molecular formula is C34H39BClFN6O2. The van der Waals surface area contributed by atoms with E-state index >= 15 is 4.39 Å². The molecule has 1 atom stereocenters. The Morgan fingerprint density at radius 3 is 2.53 bits per heavy atom. The number of fused-ring (bicyclic) bond motifs is 1. The van der Waals surface area contributed by atoms with Crippen LogP contribution in [-0.2, 0) is 11.2 Å². The lowest BCUT2D eigenvalue weighted by atomic mass is 10.0. The molecule has 0 bridgehead atoms. The minimum Gasteiger partial charge on any atom is -0.402 e. The van der Waals surface area contributed by atoms with Gasteiger partial charge in [0.25, 0.3) is 0 Å². The molecule has 11 heteroatoms. The van der Waals surface area contributed by atoms with Crippen molar-refractivity contribution in [1.82, 2.24) is 24.4 Å². The summed E-state index contributed by atoms with van der Waals surface area (Å²) >= 11 is 6.89. The van der Waals surface area contributed by atoms with Crippen molar-refractivity contribution in [1.29, 1.82) is 0 Å². The van der Waals surface area contributed by atoms with Gasteiger partial charge in [0.05, 0.1) is 27.5 Å². The molecular weight excluding hydrogens is 590 g/mol. The second-order valence-corrected chi connectivity index (χ2v) is 11.7. The maximum absolute atomic E-state index is 15.4. The van der Waals surface area contributed by atoms with E-state index in [9.17, 15) is 9.59 Å². The molecule has 0 aliphatic heterocycles. The molecule has 0 fully saturated rings. The van der Waals surface area contributed by atoms with Crippen LogP contribution < -0.4 is 10.5 Å². The smallest absolute Gasteiger partial charge is 0.355 e. The number of pyridine rings is 2. The lowest BCUT2D eigenvalue weighted by molar-refractivity contribution is -0.126. The fourth-order valence-corrected chi connectivity index (χ4v) is 5.78. The van der Waals surface area contributed by atoms with Gasteiger partial charge >= 0.3 is 5.69 Å². The molecule has 1 amide bonds. The molecule has 0 aliphatic rings. The standard InChI is InChI=1S/C34H39BClFN6O2/c1-8-17-41(27(44)11-4)19-21(7)43(35)33-24-18-25(36)30(28-22(9-2)13-12-14-26(28)37)39-32(24)42(34(45)40-33)31-23(10-3)15-16-38-29(31)20(5)6/h9,11-16,18,20-21H,2,4,8,10,17,19,35H2,1,3,5-7H3/t21-/m0/s1. The van der Waals surface area contributed by atoms with Crippen LogP contribution in [0.2, 0.25) is 5.02 Å². The van der Waals surface area contributed by atoms with E-state index in [1.165, 1.54) is 16.7 Å². The first-order chi connectivity index (χ1) is 21.5. The molecule has 3 aromatic heterocycles. The Kier molecular flexibility index (Phi) is 10.6. The normalized spacial score (nSPS) is 11.9. The SMILES string of the molecule is BN(c1nc(=O)n(-c2c(CC)ccnc2C(C)C)c2nc(-c3c(F)cccc3C=C)c(Cl)cc12)[C@@H](C)CN(CCC)C(=O)C=C. The fourth-order valence-electron chi connectivity index (χ4n) is 5.53. The summed E-state index contributed by atoms with van der Waals surface area (Å²) in [6.07, 6.45) is 5.99. The molecule has 4 aromatic rings. The van der Waals surface area contributed by atoms with E-state index in [4.69, 9.17) is 16.6 Å². The number of aromatic nitrogens is 4. The number of rotatable bonds is 12. The first-order valence-electron chi connectivity index (χ1n) is 15.2. The van der Waals surface area contributed by atoms with Gasteiger partial charge in [-0.3, -0.25) is 9.78 Å². The van der Waals surface area contributed by atoms with Gasteiger partial charge in [0, 0.05) is 30.9 Å². The Labute approximate surface area is 269 Å². The van der Waals surface area contributed by atoms with Gasteiger partial charge in [-0.25, -0.2) is 18.7 Å². The van der Waals surface area contributed by atoms with Crippen LogP contribution in [0.3, 0.4) is 0 Å². The van der Waals surface area contributed by atoms with Crippen molar-refractivity contribution < 1.29 is 9.18 Å². The third-order valence-electron chi connectivity index (χ3n) is 7.95. The largest absolute Gasteiger partial charge is 0.402 e. The van der Waals surface area contributed by atoms with E-state index < -0.39 is 11.5 Å². The first kappa shape index (κ1) is 33.6. The maximum Gasteiger partial charge on any atom is 0.355 e. The molecule has 0 radical (unpaired) electrons. The van der Waals surface area contributed by atoms with E-state index in [1.807, 2.05) is 53.5 Å². The van der Waals surface area contributed by atoms with Crippen LogP contribution in [0.5, 0.6) is 0 Å². The van der Waals surface area contributed by atoms with Crippen LogP contribution in [0.1, 0.15) is 63.8 Å². The molecule has 3 heterocycles. The Morgan fingerprint density at radius 2 is 1.91 bits per heavy atom. The van der Waals surface area contributed by atoms with E-state index in [-0.39, 0.29) is 39.8 Å². The number of halogens is 2. The van der Waals surface area contributed by atoms with Crippen LogP contribution in [0.4, 0.5) is 10.2 Å². The third-order valence-corrected chi connectivity index (χ3v) is 8.24. The highest BCUT2D eigenvalue weighted by atomic mass is 35.5. The Balaban J connectivity index is 2.09. The summed E-state index contributed by atoms with van der Waals surface area (Å²) in [7, 11) is 1.81. The van der Waals surface area contributed by atoms with Gasteiger partial charge < -0.3 is 9.71 Å². The second-order valence-electron chi connectivity index (χ2n) is 11.3. The number of carbonyl (C=O) groups is 1. The molecule has 0 N–H and O–H groups in total. The van der Waals surface area contributed by atoms with Crippen molar-refractivity contribution in [3.8, 4) is 16.9 Å². The molecule has 45 heavy (non-hydrogen) atoms. The average Bonchev–Trinajstić information content (AvgIpc) is 3.03. The summed E-state index contributed by atoms with van der Waals surface area (Å²) < 4.78 is 16.9. The van der Waals surface area contributed by atoms with Crippen LogP contribution in [0.25, 0.3) is 34.1 Å². The molecule has 0 unspecified atom stereocenters. The molecule has 0 saturated carbocycles. The van der Waals surface area contributed by atoms with Crippen LogP contribution >= 0.6 is 11.6 Å². The Hall–Kier alpha value is -4.31. The molecule has 234 valence electrons. The highest BCUT2D eigenvalue weighted by molar-refractivity contribution is 6.34. The van der Waals surface area contributed by atoms with E-state index in [1.54, 1.807) is 35.4 Å². The summed E-state index contributed by atoms with van der Waals surface area (Å²) in [5, 5.41) is 0.678. The second kappa shape index (κ2) is 14.2. The van der Waals surface area contributed by atoms with Gasteiger partial charge in [-0.1, -0.05) is 70.7 Å². The van der Waals surface area contributed by atoms with Crippen molar-refractivity contribution in [2.24, 2.45) is 0 Å². The van der Waals surface area contributed by atoms with Gasteiger partial charge in [0.1, 0.15) is 11.6 Å². The number of hydrogen-bond acceptors (Lipinski definition) is 6. The van der Waals surface area contributed by atoms with E-state index in [0.717, 1.165) is 12.0 Å². The van der Waals surface area contributed by atoms with Crippen LogP contribution in [-0.4, -0.2) is 57.4 Å². The lowest BCUT2D eigenvalue weighted by Gasteiger charge is -2.32. The van der Waals surface area contributed by atoms with E-state index in [0.29, 0.717) is 47.7 Å². The minimum atomic E-state index is -0.563. The highest BCUT2D eigenvalue weighted by Crippen LogP contribution is 2.37. The zero-order valence-electron chi connectivity index (χ0n) is 26.8. The summed E-state index contributed by atoms with van der Waals surface area (Å²) in [6, 6.07) is 7.97. The fraction of sp³-hybridized carbons (Fsp3) is 0.324. The van der Waals surface area contributed by atoms with Gasteiger partial charge in [-0.15, -0.1) is 0 Å². The predicted molar refractivity (Wildman–Crippen MR) is 184 cm³/mol. The number of benzene rings is 1. The summed E-state index contributed by atoms with van der Waals surface area (Å²) in [5.41, 5.74) is 2.78. The number of amides is 1. The van der Waals surface area contributed by atoms with Gasteiger partial charge in [-0.2, -0.15) is 4.98 Å². The topological polar surface area (TPSA) is 84.2 Å². The van der Waals surface area contributed by atoms with Crippen molar-refractivity contribution in [3.05, 3.63) is 93.9 Å². The minimum absolute atomic E-state index is 0.0199. The number of nitrogens with zero attached hydrogens (tertiary/aromatic N) is 6. The van der Waals surface area contributed by atoms with E-state index in [2.05, 4.69) is 23.1 Å². The number of carbonyl (C=O) groups excluding carboxylic acids is 1. The van der Waals surface area contributed by atoms with Crippen molar-refractivity contribution in [2.45, 2.75) is 59.4 Å². The third kappa shape index (κ3) is 6.56. The average molecular weight is 629 g/mol. The molecule has 1 aromatic carbocycles. The number of anilines is 1. The van der Waals surface area contributed by atoms with Crippen molar-refractivity contribution in [2.75, 3.05) is 17.9 Å². The number of aryl methyl sites for hydroxylation is 1. The zero-order chi connectivity index (χ0) is 33.0. The monoisotopic (exact) mass is 628 g/mol. The van der Waals surface area contributed by atoms with Crippen LogP contribution in [0.15, 0.2) is 60.6 Å². The maximum atomic E-state index is 15.4. The Bertz CT molecular complexity index is 1830. The highest BCUT2D eigenvalue weighted by Gasteiger charge is 2.26. The predicted octanol–water partition coefficient (Wildman–Crippen LogP) is 6.13. The van der Waals surface area contributed by atoms with Gasteiger partial charge in [-0.05, 0) is 61.1 Å². The molecule has 0 spiro atoms.